The Morgan fingerprint density at radius 1 is 1.03 bits per heavy atom. The molecule has 3 unspecified atom stereocenters. The van der Waals surface area contributed by atoms with E-state index in [1.165, 1.54) is 6.42 Å². The van der Waals surface area contributed by atoms with E-state index < -0.39 is 11.9 Å². The van der Waals surface area contributed by atoms with Crippen molar-refractivity contribution in [2.24, 2.45) is 16.8 Å². The number of carboxylic acid groups (broad SMARTS) is 1. The van der Waals surface area contributed by atoms with Crippen LogP contribution < -0.4 is 0 Å². The van der Waals surface area contributed by atoms with Gasteiger partial charge in [0, 0.05) is 30.0 Å². The van der Waals surface area contributed by atoms with Crippen LogP contribution in [0.2, 0.25) is 0 Å². The topological polar surface area (TPSA) is 52.9 Å². The number of rotatable bonds is 5. The highest BCUT2D eigenvalue weighted by molar-refractivity contribution is 6.03. The zero-order valence-electron chi connectivity index (χ0n) is 21.4. The molecular formula is C32H30F2N2O2. The quantitative estimate of drug-likeness (QED) is 0.389. The Bertz CT molecular complexity index is 1500. The highest BCUT2D eigenvalue weighted by Gasteiger charge is 2.73. The second-order valence-electron chi connectivity index (χ2n) is 11.6. The summed E-state index contributed by atoms with van der Waals surface area (Å²) in [4.78, 5) is 18.8. The number of halogens is 2. The molecule has 2 saturated carbocycles. The minimum atomic E-state index is -2.60. The predicted octanol–water partition coefficient (Wildman–Crippen LogP) is 7.33. The Labute approximate surface area is 221 Å². The molecule has 2 aliphatic carbocycles. The normalized spacial score (nSPS) is 26.9. The molecule has 4 nitrogen and oxygen atoms in total. The molecule has 7 rings (SSSR count). The largest absolute Gasteiger partial charge is 0.478 e. The van der Waals surface area contributed by atoms with Crippen LogP contribution in [-0.2, 0) is 12.0 Å². The lowest BCUT2D eigenvalue weighted by molar-refractivity contribution is -0.0661. The lowest BCUT2D eigenvalue weighted by atomic mass is 9.75. The Hall–Kier alpha value is -3.38. The van der Waals surface area contributed by atoms with Crippen molar-refractivity contribution in [2.45, 2.75) is 50.5 Å². The maximum absolute atomic E-state index is 13.8. The van der Waals surface area contributed by atoms with Crippen molar-refractivity contribution in [1.29, 1.82) is 0 Å². The molecule has 1 N–H and O–H groups in total. The second-order valence-corrected chi connectivity index (χ2v) is 11.6. The van der Waals surface area contributed by atoms with E-state index in [4.69, 9.17) is 4.99 Å². The molecular weight excluding hydrogens is 482 g/mol. The third-order valence-corrected chi connectivity index (χ3v) is 9.32. The van der Waals surface area contributed by atoms with Crippen LogP contribution in [0.5, 0.6) is 0 Å². The number of carbonyl (C=O) groups is 1. The molecule has 0 bridgehead atoms. The number of hydrogen-bond acceptors (Lipinski definition) is 3. The number of hydrogen-bond donors (Lipinski definition) is 1. The van der Waals surface area contributed by atoms with Gasteiger partial charge >= 0.3 is 5.97 Å². The molecule has 0 amide bonds. The van der Waals surface area contributed by atoms with Gasteiger partial charge < -0.3 is 5.11 Å². The maximum Gasteiger partial charge on any atom is 0.337 e. The van der Waals surface area contributed by atoms with Crippen molar-refractivity contribution in [2.75, 3.05) is 13.1 Å². The number of nitrogens with zero attached hydrogens (tertiary/aromatic N) is 2. The van der Waals surface area contributed by atoms with Crippen molar-refractivity contribution in [1.82, 2.24) is 4.90 Å². The van der Waals surface area contributed by atoms with E-state index in [9.17, 15) is 18.7 Å². The SMILES string of the molecule is CC1=Nc2c(C(=O)O)cc(-c3ccc(-c4cccc(CN5CCCC(F)(F)C5)c4)cc3)cc2C23CCC2C13. The Kier molecular flexibility index (Phi) is 5.19. The van der Waals surface area contributed by atoms with Gasteiger partial charge in [-0.15, -0.1) is 0 Å². The molecule has 1 spiro atoms. The van der Waals surface area contributed by atoms with Gasteiger partial charge in [0.15, 0.2) is 0 Å². The Balaban J connectivity index is 1.18. The average Bonchev–Trinajstić information content (AvgIpc) is 3.38. The minimum Gasteiger partial charge on any atom is -0.478 e. The van der Waals surface area contributed by atoms with Gasteiger partial charge in [0.2, 0.25) is 0 Å². The molecule has 0 radical (unpaired) electrons. The summed E-state index contributed by atoms with van der Waals surface area (Å²) in [6.07, 6.45) is 2.80. The monoisotopic (exact) mass is 512 g/mol. The molecule has 2 heterocycles. The van der Waals surface area contributed by atoms with Crippen LogP contribution >= 0.6 is 0 Å². The summed E-state index contributed by atoms with van der Waals surface area (Å²) < 4.78 is 27.7. The first-order valence-corrected chi connectivity index (χ1v) is 13.5. The number of likely N-dealkylation sites (tertiary alicyclic amines) is 1. The van der Waals surface area contributed by atoms with Crippen molar-refractivity contribution >= 4 is 17.4 Å². The van der Waals surface area contributed by atoms with E-state index in [0.717, 1.165) is 45.5 Å². The number of alkyl halides is 2. The molecule has 3 atom stereocenters. The van der Waals surface area contributed by atoms with Gasteiger partial charge in [0.05, 0.1) is 17.8 Å². The highest BCUT2D eigenvalue weighted by Crippen LogP contribution is 2.76. The first-order chi connectivity index (χ1) is 18.2. The number of aromatic carboxylic acids is 1. The summed E-state index contributed by atoms with van der Waals surface area (Å²) in [7, 11) is 0. The zero-order chi connectivity index (χ0) is 26.2. The number of fused-ring (bicyclic) bond motifs is 2. The van der Waals surface area contributed by atoms with E-state index in [1.54, 1.807) is 6.07 Å². The van der Waals surface area contributed by atoms with Crippen LogP contribution in [0, 0.1) is 11.8 Å². The molecule has 1 saturated heterocycles. The molecule has 3 aromatic rings. The minimum absolute atomic E-state index is 0.0247. The van der Waals surface area contributed by atoms with Gasteiger partial charge in [-0.2, -0.15) is 0 Å². The fourth-order valence-corrected chi connectivity index (χ4v) is 7.46. The van der Waals surface area contributed by atoms with Gasteiger partial charge in [0.25, 0.3) is 5.92 Å². The van der Waals surface area contributed by atoms with E-state index in [-0.39, 0.29) is 23.9 Å². The van der Waals surface area contributed by atoms with Gasteiger partial charge in [0.1, 0.15) is 0 Å². The maximum atomic E-state index is 13.8. The van der Waals surface area contributed by atoms with Crippen LogP contribution in [0.15, 0.2) is 65.7 Å². The third kappa shape index (κ3) is 3.64. The molecule has 38 heavy (non-hydrogen) atoms. The van der Waals surface area contributed by atoms with Gasteiger partial charge in [-0.3, -0.25) is 9.89 Å². The van der Waals surface area contributed by atoms with E-state index in [0.29, 0.717) is 37.0 Å². The van der Waals surface area contributed by atoms with Crippen molar-refractivity contribution < 1.29 is 18.7 Å². The fraction of sp³-hybridized carbons (Fsp3) is 0.375. The summed E-state index contributed by atoms with van der Waals surface area (Å²) in [6.45, 7) is 3.07. The van der Waals surface area contributed by atoms with E-state index in [1.807, 2.05) is 42.2 Å². The van der Waals surface area contributed by atoms with Crippen LogP contribution in [0.4, 0.5) is 14.5 Å². The van der Waals surface area contributed by atoms with Crippen LogP contribution in [0.3, 0.4) is 0 Å². The van der Waals surface area contributed by atoms with Crippen molar-refractivity contribution in [3.05, 3.63) is 77.4 Å². The molecule has 2 aliphatic heterocycles. The Morgan fingerprint density at radius 2 is 1.79 bits per heavy atom. The van der Waals surface area contributed by atoms with Gasteiger partial charge in [-0.25, -0.2) is 13.6 Å². The lowest BCUT2D eigenvalue weighted by Crippen LogP contribution is -2.41. The first kappa shape index (κ1) is 23.7. The number of piperidine rings is 1. The third-order valence-electron chi connectivity index (χ3n) is 9.32. The first-order valence-electron chi connectivity index (χ1n) is 13.5. The summed E-state index contributed by atoms with van der Waals surface area (Å²) in [5.41, 5.74) is 8.20. The Morgan fingerprint density at radius 3 is 2.47 bits per heavy atom. The average molecular weight is 513 g/mol. The van der Waals surface area contributed by atoms with Crippen molar-refractivity contribution in [3.8, 4) is 22.3 Å². The molecule has 4 aliphatic rings. The molecule has 3 aromatic carbocycles. The number of benzene rings is 3. The van der Waals surface area contributed by atoms with E-state index in [2.05, 4.69) is 24.3 Å². The summed E-state index contributed by atoms with van der Waals surface area (Å²) in [6, 6.07) is 20.2. The molecule has 0 aromatic heterocycles. The molecule has 6 heteroatoms. The lowest BCUT2D eigenvalue weighted by Gasteiger charge is -2.32. The predicted molar refractivity (Wildman–Crippen MR) is 144 cm³/mol. The summed E-state index contributed by atoms with van der Waals surface area (Å²) >= 11 is 0. The van der Waals surface area contributed by atoms with Crippen LogP contribution in [-0.4, -0.2) is 40.7 Å². The number of aliphatic imine (C=N–C) groups is 1. The van der Waals surface area contributed by atoms with Gasteiger partial charge in [-0.05, 0) is 90.2 Å². The van der Waals surface area contributed by atoms with Gasteiger partial charge in [-0.1, -0.05) is 42.5 Å². The molecule has 194 valence electrons. The van der Waals surface area contributed by atoms with Crippen LogP contribution in [0.25, 0.3) is 22.3 Å². The van der Waals surface area contributed by atoms with Crippen molar-refractivity contribution in [3.63, 3.8) is 0 Å². The molecule has 3 fully saturated rings. The second kappa shape index (κ2) is 8.31. The standard InChI is InChI=1S/C32H30F2N2O2/c1-19-28-26-10-12-32(26,28)27-16-24(15-25(30(37)38)29(27)35-19)22-8-6-21(7-9-22)23-5-2-4-20(14-23)17-36-13-3-11-31(33,34)18-36/h2,4-9,14-16,26,28H,3,10-13,17-18H2,1H3,(H,37,38). The smallest absolute Gasteiger partial charge is 0.337 e. The van der Waals surface area contributed by atoms with E-state index >= 15 is 0 Å². The zero-order valence-corrected chi connectivity index (χ0v) is 21.4. The number of carboxylic acids is 1. The summed E-state index contributed by atoms with van der Waals surface area (Å²) in [5, 5.41) is 10.0. The van der Waals surface area contributed by atoms with Crippen LogP contribution in [0.1, 0.15) is 54.1 Å². The summed E-state index contributed by atoms with van der Waals surface area (Å²) in [5.74, 6) is -2.47. The highest BCUT2D eigenvalue weighted by atomic mass is 19.3. The fourth-order valence-electron chi connectivity index (χ4n) is 7.46.